The van der Waals surface area contributed by atoms with Crippen LogP contribution in [0.1, 0.15) is 25.7 Å². The smallest absolute Gasteiger partial charge is 0.406 e. The Bertz CT molecular complexity index is 528. The van der Waals surface area contributed by atoms with Crippen LogP contribution in [0.3, 0.4) is 0 Å². The molecule has 0 radical (unpaired) electrons. The molecular weight excluding hydrogens is 301 g/mol. The number of nitrogens with one attached hydrogen (secondary N) is 2. The van der Waals surface area contributed by atoms with Crippen molar-refractivity contribution in [1.82, 2.24) is 5.32 Å². The number of carbonyl (C=O) groups excluding carboxylic acids is 1. The lowest BCUT2D eigenvalue weighted by Crippen LogP contribution is -2.50. The van der Waals surface area contributed by atoms with Crippen molar-refractivity contribution in [2.45, 2.75) is 37.6 Å². The molecule has 1 aliphatic carbocycles. The molecule has 5 nitrogen and oxygen atoms in total. The minimum absolute atomic E-state index is 0.169. The number of hydrogen-bond acceptors (Lipinski definition) is 3. The van der Waals surface area contributed by atoms with Crippen molar-refractivity contribution in [3.63, 3.8) is 0 Å². The summed E-state index contributed by atoms with van der Waals surface area (Å²) in [6, 6.07) is 4.44. The van der Waals surface area contributed by atoms with E-state index in [0.29, 0.717) is 12.8 Å². The van der Waals surface area contributed by atoms with Crippen LogP contribution in [0.15, 0.2) is 24.3 Å². The summed E-state index contributed by atoms with van der Waals surface area (Å²) in [6.07, 6.45) is -1.61. The number of amides is 2. The molecule has 0 aromatic heterocycles. The molecule has 1 saturated carbocycles. The second-order valence-corrected chi connectivity index (χ2v) is 5.30. The number of halogens is 3. The van der Waals surface area contributed by atoms with Crippen LogP contribution in [0.4, 0.5) is 23.7 Å². The topological polar surface area (TPSA) is 70.6 Å². The number of urea groups is 1. The third-order valence-corrected chi connectivity index (χ3v) is 3.57. The maximum Gasteiger partial charge on any atom is 0.573 e. The van der Waals surface area contributed by atoms with Crippen molar-refractivity contribution in [2.75, 3.05) is 11.9 Å². The summed E-state index contributed by atoms with van der Waals surface area (Å²) in [5.74, 6) is -0.414. The fraction of sp³-hybridized carbons (Fsp3) is 0.500. The minimum atomic E-state index is -4.79. The van der Waals surface area contributed by atoms with Crippen LogP contribution in [0.25, 0.3) is 0 Å². The predicted octanol–water partition coefficient (Wildman–Crippen LogP) is 3.01. The normalized spacial score (nSPS) is 17.1. The molecule has 1 fully saturated rings. The second-order valence-electron chi connectivity index (χ2n) is 5.30. The monoisotopic (exact) mass is 318 g/mol. The second kappa shape index (κ2) is 6.43. The van der Waals surface area contributed by atoms with Gasteiger partial charge in [-0.05, 0) is 25.0 Å². The molecule has 0 saturated heterocycles. The Kier molecular flexibility index (Phi) is 4.80. The van der Waals surface area contributed by atoms with E-state index in [1.165, 1.54) is 12.1 Å². The number of rotatable bonds is 4. The predicted molar refractivity (Wildman–Crippen MR) is 73.6 cm³/mol. The van der Waals surface area contributed by atoms with E-state index >= 15 is 0 Å². The number of carbonyl (C=O) groups is 1. The van der Waals surface area contributed by atoms with E-state index in [1.54, 1.807) is 0 Å². The maximum atomic E-state index is 12.2. The first kappa shape index (κ1) is 16.4. The summed E-state index contributed by atoms with van der Waals surface area (Å²) < 4.78 is 40.2. The van der Waals surface area contributed by atoms with Gasteiger partial charge in [-0.2, -0.15) is 0 Å². The molecular formula is C14H17F3N2O3. The van der Waals surface area contributed by atoms with Gasteiger partial charge < -0.3 is 20.5 Å². The molecule has 1 aliphatic rings. The first-order chi connectivity index (χ1) is 10.3. The number of benzene rings is 1. The number of alkyl halides is 3. The van der Waals surface area contributed by atoms with Crippen LogP contribution < -0.4 is 15.4 Å². The van der Waals surface area contributed by atoms with Gasteiger partial charge in [0.1, 0.15) is 5.75 Å². The van der Waals surface area contributed by atoms with Crippen LogP contribution >= 0.6 is 0 Å². The summed E-state index contributed by atoms with van der Waals surface area (Å²) >= 11 is 0. The number of aliphatic hydroxyl groups excluding tert-OH is 1. The number of hydrogen-bond donors (Lipinski definition) is 3. The van der Waals surface area contributed by atoms with Crippen LogP contribution in [0.2, 0.25) is 0 Å². The number of ether oxygens (including phenoxy) is 1. The van der Waals surface area contributed by atoms with Crippen molar-refractivity contribution in [3.05, 3.63) is 24.3 Å². The van der Waals surface area contributed by atoms with Crippen molar-refractivity contribution in [1.29, 1.82) is 0 Å². The van der Waals surface area contributed by atoms with Gasteiger partial charge >= 0.3 is 12.4 Å². The molecule has 22 heavy (non-hydrogen) atoms. The molecule has 0 aliphatic heterocycles. The van der Waals surface area contributed by atoms with E-state index in [2.05, 4.69) is 15.4 Å². The van der Waals surface area contributed by atoms with E-state index in [9.17, 15) is 23.1 Å². The Morgan fingerprint density at radius 1 is 1.32 bits per heavy atom. The van der Waals surface area contributed by atoms with Gasteiger partial charge in [0.05, 0.1) is 12.1 Å². The summed E-state index contributed by atoms with van der Waals surface area (Å²) in [6.45, 7) is -0.169. The molecule has 2 rings (SSSR count). The Labute approximate surface area is 125 Å². The molecule has 0 unspecified atom stereocenters. The molecule has 122 valence electrons. The largest absolute Gasteiger partial charge is 0.573 e. The van der Waals surface area contributed by atoms with E-state index in [0.717, 1.165) is 25.0 Å². The Morgan fingerprint density at radius 3 is 2.59 bits per heavy atom. The lowest BCUT2D eigenvalue weighted by atomic mass is 9.99. The van der Waals surface area contributed by atoms with Crippen molar-refractivity contribution in [3.8, 4) is 5.75 Å². The molecule has 3 N–H and O–H groups in total. The molecule has 2 amide bonds. The van der Waals surface area contributed by atoms with Gasteiger partial charge in [0.2, 0.25) is 0 Å². The van der Waals surface area contributed by atoms with Crippen LogP contribution in [-0.2, 0) is 0 Å². The standard InChI is InChI=1S/C14H17F3N2O3/c15-14(16,17)22-11-5-3-4-10(8-11)18-12(21)19-13(9-20)6-1-2-7-13/h3-5,8,20H,1-2,6-7,9H2,(H2,18,19,21). The van der Waals surface area contributed by atoms with Gasteiger partial charge in [-0.25, -0.2) is 4.79 Å². The third-order valence-electron chi connectivity index (χ3n) is 3.57. The van der Waals surface area contributed by atoms with E-state index in [-0.39, 0.29) is 12.3 Å². The van der Waals surface area contributed by atoms with Gasteiger partial charge in [0.15, 0.2) is 0 Å². The zero-order chi connectivity index (χ0) is 16.2. The molecule has 0 bridgehead atoms. The van der Waals surface area contributed by atoms with E-state index in [4.69, 9.17) is 0 Å². The fourth-order valence-electron chi connectivity index (χ4n) is 2.55. The highest BCUT2D eigenvalue weighted by Gasteiger charge is 2.34. The summed E-state index contributed by atoms with van der Waals surface area (Å²) in [7, 11) is 0. The summed E-state index contributed by atoms with van der Waals surface area (Å²) in [5.41, 5.74) is -0.477. The Morgan fingerprint density at radius 2 is 2.00 bits per heavy atom. The highest BCUT2D eigenvalue weighted by atomic mass is 19.4. The molecule has 8 heteroatoms. The zero-order valence-electron chi connectivity index (χ0n) is 11.7. The lowest BCUT2D eigenvalue weighted by Gasteiger charge is -2.28. The number of anilines is 1. The lowest BCUT2D eigenvalue weighted by molar-refractivity contribution is -0.274. The van der Waals surface area contributed by atoms with Crippen molar-refractivity contribution >= 4 is 11.7 Å². The average molecular weight is 318 g/mol. The quantitative estimate of drug-likeness (QED) is 0.799. The maximum absolute atomic E-state index is 12.2. The molecule has 0 spiro atoms. The van der Waals surface area contributed by atoms with Gasteiger partial charge in [-0.15, -0.1) is 13.2 Å². The fourth-order valence-corrected chi connectivity index (χ4v) is 2.55. The average Bonchev–Trinajstić information content (AvgIpc) is 2.86. The van der Waals surface area contributed by atoms with Gasteiger partial charge in [0.25, 0.3) is 0 Å². The van der Waals surface area contributed by atoms with Crippen molar-refractivity contribution in [2.24, 2.45) is 0 Å². The third kappa shape index (κ3) is 4.52. The summed E-state index contributed by atoms with van der Waals surface area (Å²) in [5, 5.41) is 14.6. The van der Waals surface area contributed by atoms with Gasteiger partial charge in [-0.1, -0.05) is 18.9 Å². The van der Waals surface area contributed by atoms with Gasteiger partial charge in [0, 0.05) is 11.8 Å². The highest BCUT2D eigenvalue weighted by molar-refractivity contribution is 5.90. The van der Waals surface area contributed by atoms with E-state index < -0.39 is 23.7 Å². The van der Waals surface area contributed by atoms with Crippen LogP contribution in [0.5, 0.6) is 5.75 Å². The Balaban J connectivity index is 1.98. The van der Waals surface area contributed by atoms with Crippen LogP contribution in [0, 0.1) is 0 Å². The molecule has 0 heterocycles. The Hall–Kier alpha value is -1.96. The minimum Gasteiger partial charge on any atom is -0.406 e. The highest BCUT2D eigenvalue weighted by Crippen LogP contribution is 2.29. The van der Waals surface area contributed by atoms with Crippen molar-refractivity contribution < 1.29 is 27.8 Å². The SMILES string of the molecule is O=C(Nc1cccc(OC(F)(F)F)c1)NC1(CO)CCCC1. The first-order valence-corrected chi connectivity index (χ1v) is 6.88. The number of aliphatic hydroxyl groups is 1. The van der Waals surface area contributed by atoms with Crippen LogP contribution in [-0.4, -0.2) is 29.6 Å². The first-order valence-electron chi connectivity index (χ1n) is 6.88. The van der Waals surface area contributed by atoms with E-state index in [1.807, 2.05) is 0 Å². The molecule has 1 aromatic rings. The summed E-state index contributed by atoms with van der Waals surface area (Å²) in [4.78, 5) is 11.9. The molecule has 1 aromatic carbocycles. The molecule has 0 atom stereocenters. The zero-order valence-corrected chi connectivity index (χ0v) is 11.7. The van der Waals surface area contributed by atoms with Gasteiger partial charge in [-0.3, -0.25) is 0 Å².